The van der Waals surface area contributed by atoms with Crippen LogP contribution in [0, 0.1) is 0 Å². The Morgan fingerprint density at radius 3 is 2.65 bits per heavy atom. The topological polar surface area (TPSA) is 113 Å². The second-order valence-electron chi connectivity index (χ2n) is 3.86. The van der Waals surface area contributed by atoms with Gasteiger partial charge in [0.15, 0.2) is 0 Å². The molecule has 2 heterocycles. The van der Waals surface area contributed by atoms with Gasteiger partial charge in [0, 0.05) is 0 Å². The Bertz CT molecular complexity index is 421. The summed E-state index contributed by atoms with van der Waals surface area (Å²) in [7, 11) is 0. The molecule has 0 bridgehead atoms. The summed E-state index contributed by atoms with van der Waals surface area (Å²) in [5, 5.41) is 28.3. The number of rotatable bonds is 3. The van der Waals surface area contributed by atoms with E-state index in [4.69, 9.17) is 15.6 Å². The van der Waals surface area contributed by atoms with Gasteiger partial charge >= 0.3 is 103 Å². The molecule has 1 aliphatic heterocycles. The van der Waals surface area contributed by atoms with Gasteiger partial charge in [-0.2, -0.15) is 0 Å². The Morgan fingerprint density at radius 2 is 2.18 bits per heavy atom. The first kappa shape index (κ1) is 12.8. The van der Waals surface area contributed by atoms with Crippen molar-refractivity contribution in [2.45, 2.75) is 24.4 Å². The predicted octanol–water partition coefficient (Wildman–Crippen LogP) is -2.00. The Balaban J connectivity index is 2.19. The predicted molar refractivity (Wildman–Crippen MR) is 58.6 cm³/mol. The maximum absolute atomic E-state index is 11.0. The fourth-order valence-electron chi connectivity index (χ4n) is 1.77. The molecule has 0 aromatic carbocycles. The first-order chi connectivity index (χ1) is 8.04. The number of primary amides is 1. The van der Waals surface area contributed by atoms with Gasteiger partial charge in [-0.1, -0.05) is 0 Å². The third-order valence-corrected chi connectivity index (χ3v) is 4.81. The van der Waals surface area contributed by atoms with Crippen LogP contribution in [0.1, 0.15) is 20.9 Å². The van der Waals surface area contributed by atoms with Crippen molar-refractivity contribution in [2.24, 2.45) is 5.73 Å². The number of carbonyl (C=O) groups excluding carboxylic acids is 1. The van der Waals surface area contributed by atoms with Gasteiger partial charge < -0.3 is 0 Å². The average molecular weight is 306 g/mol. The minimum atomic E-state index is -1.11. The number of nitrogens with two attached hydrogens (primary N) is 1. The zero-order chi connectivity index (χ0) is 12.6. The van der Waals surface area contributed by atoms with Gasteiger partial charge in [-0.3, -0.25) is 0 Å². The molecular weight excluding hydrogens is 293 g/mol. The van der Waals surface area contributed by atoms with E-state index in [-0.39, 0.29) is 21.1 Å². The van der Waals surface area contributed by atoms with Crippen LogP contribution < -0.4 is 5.73 Å². The van der Waals surface area contributed by atoms with Crippen LogP contribution in [-0.2, 0) is 4.74 Å². The molecule has 6 nitrogen and oxygen atoms in total. The van der Waals surface area contributed by atoms with Gasteiger partial charge in [-0.25, -0.2) is 0 Å². The second-order valence-corrected chi connectivity index (χ2v) is 5.84. The Morgan fingerprint density at radius 1 is 1.47 bits per heavy atom. The Labute approximate surface area is 103 Å². The molecule has 0 unspecified atom stereocenters. The number of hydrogen-bond donors (Lipinski definition) is 4. The molecule has 1 aliphatic rings. The third-order valence-electron chi connectivity index (χ3n) is 2.73. The molecule has 1 saturated heterocycles. The van der Waals surface area contributed by atoms with E-state index < -0.39 is 30.3 Å². The number of amides is 1. The Hall–Kier alpha value is -0.691. The molecule has 2 rings (SSSR count). The first-order valence-corrected chi connectivity index (χ1v) is 6.90. The van der Waals surface area contributed by atoms with Crippen molar-refractivity contribution in [2.75, 3.05) is 6.61 Å². The second kappa shape index (κ2) is 4.89. The Kier molecular flexibility index (Phi) is 3.67. The number of carbonyl (C=O) groups is 1. The monoisotopic (exact) mass is 307 g/mol. The first-order valence-electron chi connectivity index (χ1n) is 5.05. The molecule has 1 aromatic rings. The van der Waals surface area contributed by atoms with Gasteiger partial charge in [0.1, 0.15) is 0 Å². The molecule has 1 aromatic heterocycles. The molecule has 1 amide bonds. The van der Waals surface area contributed by atoms with E-state index in [1.165, 1.54) is 0 Å². The maximum atomic E-state index is 11.0. The van der Waals surface area contributed by atoms with Crippen LogP contribution >= 0.6 is 0 Å². The quantitative estimate of drug-likeness (QED) is 0.482. The zero-order valence-electron chi connectivity index (χ0n) is 8.81. The van der Waals surface area contributed by atoms with Crippen molar-refractivity contribution >= 4 is 20.4 Å². The molecule has 5 N–H and O–H groups in total. The summed E-state index contributed by atoms with van der Waals surface area (Å²) in [4.78, 5) is 12.7. The van der Waals surface area contributed by atoms with E-state index in [2.05, 4.69) is 0 Å². The molecule has 94 valence electrons. The van der Waals surface area contributed by atoms with Crippen LogP contribution in [-0.4, -0.2) is 60.6 Å². The van der Waals surface area contributed by atoms with Crippen LogP contribution in [0.2, 0.25) is 0 Å². The van der Waals surface area contributed by atoms with E-state index in [1.54, 1.807) is 11.0 Å². The molecule has 1 fully saturated rings. The van der Waals surface area contributed by atoms with Crippen molar-refractivity contribution < 1.29 is 24.9 Å². The summed E-state index contributed by atoms with van der Waals surface area (Å²) in [6.07, 6.45) is -3.65. The molecule has 4 atom stereocenters. The fraction of sp³-hybridized carbons (Fsp3) is 0.500. The van der Waals surface area contributed by atoms with E-state index in [0.717, 1.165) is 4.44 Å². The van der Waals surface area contributed by atoms with Gasteiger partial charge in [0.2, 0.25) is 0 Å². The van der Waals surface area contributed by atoms with Crippen molar-refractivity contribution in [1.82, 2.24) is 0 Å². The SMILES string of the molecule is NC(=O)c1c[se]c([C@H]2O[C@H](CO)[C@@H](O)[C@H]2O)c1. The average Bonchev–Trinajstić information content (AvgIpc) is 2.87. The van der Waals surface area contributed by atoms with Crippen molar-refractivity contribution in [3.63, 3.8) is 0 Å². The zero-order valence-corrected chi connectivity index (χ0v) is 10.5. The van der Waals surface area contributed by atoms with Crippen LogP contribution in [0.4, 0.5) is 0 Å². The number of hydrogen-bond acceptors (Lipinski definition) is 5. The van der Waals surface area contributed by atoms with Gasteiger partial charge in [0.05, 0.1) is 0 Å². The molecule has 0 aliphatic carbocycles. The molecule has 7 heteroatoms. The van der Waals surface area contributed by atoms with Crippen LogP contribution in [0.25, 0.3) is 0 Å². The molecule has 0 radical (unpaired) electrons. The summed E-state index contributed by atoms with van der Waals surface area (Å²) in [6.45, 7) is -0.356. The normalized spacial score (nSPS) is 32.9. The fourth-order valence-corrected chi connectivity index (χ4v) is 3.80. The van der Waals surface area contributed by atoms with Crippen molar-refractivity contribution in [1.29, 1.82) is 0 Å². The summed E-state index contributed by atoms with van der Waals surface area (Å²) >= 11 is -0.125. The number of aliphatic hydroxyl groups is 3. The molecule has 0 spiro atoms. The van der Waals surface area contributed by atoms with Gasteiger partial charge in [-0.15, -0.1) is 0 Å². The number of ether oxygens (including phenoxy) is 1. The van der Waals surface area contributed by atoms with Gasteiger partial charge in [-0.05, 0) is 0 Å². The van der Waals surface area contributed by atoms with E-state index in [0.29, 0.717) is 5.56 Å². The van der Waals surface area contributed by atoms with E-state index >= 15 is 0 Å². The summed E-state index contributed by atoms with van der Waals surface area (Å²) in [5.41, 5.74) is 5.54. The molecule has 0 saturated carbocycles. The third kappa shape index (κ3) is 2.30. The van der Waals surface area contributed by atoms with E-state index in [9.17, 15) is 15.0 Å². The van der Waals surface area contributed by atoms with Crippen LogP contribution in [0.3, 0.4) is 0 Å². The van der Waals surface area contributed by atoms with Gasteiger partial charge in [0.25, 0.3) is 0 Å². The standard InChI is InChI=1S/C10H13NO5Se/c11-10(15)4-1-6(17-3-4)9-8(14)7(13)5(2-12)16-9/h1,3,5,7-9,12-14H,2H2,(H2,11,15)/t5-,7-,8-,9-/m1/s1. The summed E-state index contributed by atoms with van der Waals surface area (Å²) in [6, 6.07) is 1.59. The molecule has 17 heavy (non-hydrogen) atoms. The van der Waals surface area contributed by atoms with E-state index in [1.807, 2.05) is 0 Å². The van der Waals surface area contributed by atoms with Crippen LogP contribution in [0.15, 0.2) is 11.0 Å². The van der Waals surface area contributed by atoms with Crippen molar-refractivity contribution in [3.05, 3.63) is 21.0 Å². The van der Waals surface area contributed by atoms with Crippen molar-refractivity contribution in [3.8, 4) is 0 Å². The van der Waals surface area contributed by atoms with Crippen LogP contribution in [0.5, 0.6) is 0 Å². The molecular formula is C10H13NO5Se. The summed E-state index contributed by atoms with van der Waals surface area (Å²) < 4.78 is 6.10. The number of aliphatic hydroxyl groups excluding tert-OH is 3. The minimum absolute atomic E-state index is 0.125. The summed E-state index contributed by atoms with van der Waals surface area (Å²) in [5.74, 6) is -0.520.